The van der Waals surface area contributed by atoms with Crippen molar-refractivity contribution in [3.8, 4) is 5.75 Å². The van der Waals surface area contributed by atoms with Crippen LogP contribution >= 0.6 is 24.8 Å². The molecular formula is C32H62Cl2N2O3. The first-order valence-electron chi connectivity index (χ1n) is 15.7. The van der Waals surface area contributed by atoms with E-state index >= 15 is 0 Å². The molecule has 0 amide bonds. The van der Waals surface area contributed by atoms with Gasteiger partial charge in [-0.2, -0.15) is 0 Å². The standard InChI is InChI=1S/C32H60N2O3.2ClH/c1-5-7-8-9-10-11-12-13-14-15-16-17-18-19-20-21-26-37-32-28-34(23-6-2)30(27-31(32)35)29-36-25-22-24-33(3)4;;/h27-28H,5-26,29H2,1-4H3;2*1H. The number of unbranched alkanes of at least 4 members (excludes halogenated alkanes) is 15. The van der Waals surface area contributed by atoms with Gasteiger partial charge in [0.25, 0.3) is 0 Å². The molecule has 0 aliphatic rings. The van der Waals surface area contributed by atoms with Crippen molar-refractivity contribution in [1.82, 2.24) is 9.47 Å². The zero-order valence-corrected chi connectivity index (χ0v) is 27.5. The SMILES string of the molecule is CCCCCCCCCCCCCCCCCCOc1cn(CCC)c(COCCCN(C)C)cc1=O.Cl.Cl. The molecule has 1 aromatic heterocycles. The Bertz CT molecular complexity index is 713. The van der Waals surface area contributed by atoms with Gasteiger partial charge in [0.05, 0.1) is 19.4 Å². The van der Waals surface area contributed by atoms with Gasteiger partial charge in [0, 0.05) is 24.9 Å². The van der Waals surface area contributed by atoms with Crippen molar-refractivity contribution in [2.45, 2.75) is 143 Å². The molecule has 0 saturated carbocycles. The molecule has 1 rings (SSSR count). The first-order valence-corrected chi connectivity index (χ1v) is 15.7. The van der Waals surface area contributed by atoms with Crippen molar-refractivity contribution < 1.29 is 9.47 Å². The second kappa shape index (κ2) is 28.8. The van der Waals surface area contributed by atoms with Crippen molar-refractivity contribution in [1.29, 1.82) is 0 Å². The maximum Gasteiger partial charge on any atom is 0.223 e. The summed E-state index contributed by atoms with van der Waals surface area (Å²) in [4.78, 5) is 14.7. The number of nitrogens with zero attached hydrogens (tertiary/aromatic N) is 2. The molecule has 0 bridgehead atoms. The quantitative estimate of drug-likeness (QED) is 0.100. The van der Waals surface area contributed by atoms with Crippen LogP contribution in [0, 0.1) is 0 Å². The van der Waals surface area contributed by atoms with Crippen LogP contribution in [0.15, 0.2) is 17.1 Å². The molecule has 0 aliphatic carbocycles. The fourth-order valence-electron chi connectivity index (χ4n) is 4.77. The first-order chi connectivity index (χ1) is 18.1. The van der Waals surface area contributed by atoms with Crippen LogP contribution in [0.5, 0.6) is 5.75 Å². The number of halogens is 2. The van der Waals surface area contributed by atoms with E-state index in [0.717, 1.165) is 38.0 Å². The number of hydrogen-bond acceptors (Lipinski definition) is 4. The lowest BCUT2D eigenvalue weighted by Gasteiger charge is -2.16. The Balaban J connectivity index is 0. The lowest BCUT2D eigenvalue weighted by Crippen LogP contribution is -2.18. The molecule has 1 aromatic rings. The van der Waals surface area contributed by atoms with Crippen LogP contribution < -0.4 is 10.2 Å². The minimum absolute atomic E-state index is 0. The van der Waals surface area contributed by atoms with Crippen molar-refractivity contribution >= 4 is 24.8 Å². The molecule has 0 spiro atoms. The van der Waals surface area contributed by atoms with Crippen LogP contribution in [-0.4, -0.2) is 43.3 Å². The van der Waals surface area contributed by atoms with Gasteiger partial charge in [0.15, 0.2) is 5.75 Å². The third-order valence-corrected chi connectivity index (χ3v) is 7.05. The van der Waals surface area contributed by atoms with E-state index < -0.39 is 0 Å². The molecule has 0 aliphatic heterocycles. The number of rotatable bonds is 26. The molecular weight excluding hydrogens is 531 g/mol. The minimum atomic E-state index is -0.0317. The lowest BCUT2D eigenvalue weighted by atomic mass is 10.0. The van der Waals surface area contributed by atoms with E-state index in [1.54, 1.807) is 6.07 Å². The summed E-state index contributed by atoms with van der Waals surface area (Å²) in [5.41, 5.74) is 0.905. The Morgan fingerprint density at radius 2 is 1.21 bits per heavy atom. The van der Waals surface area contributed by atoms with Gasteiger partial charge >= 0.3 is 0 Å². The number of pyridine rings is 1. The largest absolute Gasteiger partial charge is 0.488 e. The maximum atomic E-state index is 12.6. The molecule has 0 atom stereocenters. The summed E-state index contributed by atoms with van der Waals surface area (Å²) >= 11 is 0. The van der Waals surface area contributed by atoms with Crippen LogP contribution in [0.1, 0.15) is 135 Å². The molecule has 0 aromatic carbocycles. The van der Waals surface area contributed by atoms with Gasteiger partial charge in [-0.1, -0.05) is 110 Å². The van der Waals surface area contributed by atoms with Gasteiger partial charge in [-0.3, -0.25) is 4.79 Å². The highest BCUT2D eigenvalue weighted by atomic mass is 35.5. The van der Waals surface area contributed by atoms with E-state index in [4.69, 9.17) is 9.47 Å². The maximum absolute atomic E-state index is 12.6. The Morgan fingerprint density at radius 1 is 0.692 bits per heavy atom. The van der Waals surface area contributed by atoms with E-state index in [2.05, 4.69) is 37.4 Å². The Kier molecular flexibility index (Phi) is 29.8. The van der Waals surface area contributed by atoms with E-state index in [9.17, 15) is 4.79 Å². The van der Waals surface area contributed by atoms with Gasteiger partial charge in [0.2, 0.25) is 5.43 Å². The number of hydrogen-bond donors (Lipinski definition) is 0. The number of aryl methyl sites for hydroxylation is 1. The van der Waals surface area contributed by atoms with Gasteiger partial charge < -0.3 is 18.9 Å². The van der Waals surface area contributed by atoms with Gasteiger partial charge in [-0.25, -0.2) is 0 Å². The first kappa shape index (κ1) is 40.4. The topological polar surface area (TPSA) is 43.7 Å². The summed E-state index contributed by atoms with van der Waals surface area (Å²) in [6, 6.07) is 1.70. The lowest BCUT2D eigenvalue weighted by molar-refractivity contribution is 0.107. The zero-order chi connectivity index (χ0) is 27.0. The molecule has 0 unspecified atom stereocenters. The van der Waals surface area contributed by atoms with E-state index in [-0.39, 0.29) is 30.2 Å². The predicted molar refractivity (Wildman–Crippen MR) is 173 cm³/mol. The molecule has 0 saturated heterocycles. The van der Waals surface area contributed by atoms with Crippen LogP contribution in [0.4, 0.5) is 0 Å². The highest BCUT2D eigenvalue weighted by Crippen LogP contribution is 2.14. The normalized spacial score (nSPS) is 10.9. The van der Waals surface area contributed by atoms with Crippen LogP contribution in [0.25, 0.3) is 0 Å². The van der Waals surface area contributed by atoms with Crippen molar-refractivity contribution in [3.05, 3.63) is 28.2 Å². The number of aromatic nitrogens is 1. The van der Waals surface area contributed by atoms with Crippen molar-refractivity contribution in [2.24, 2.45) is 0 Å². The molecule has 7 heteroatoms. The highest BCUT2D eigenvalue weighted by molar-refractivity contribution is 5.85. The third kappa shape index (κ3) is 22.6. The number of ether oxygens (including phenoxy) is 2. The Hall–Kier alpha value is -0.750. The van der Waals surface area contributed by atoms with Gasteiger partial charge in [0.1, 0.15) is 0 Å². The van der Waals surface area contributed by atoms with Crippen molar-refractivity contribution in [3.63, 3.8) is 0 Å². The van der Waals surface area contributed by atoms with Gasteiger partial charge in [-0.15, -0.1) is 24.8 Å². The average Bonchev–Trinajstić information content (AvgIpc) is 2.87. The summed E-state index contributed by atoms with van der Waals surface area (Å²) in [5.74, 6) is 0.478. The average molecular weight is 594 g/mol. The van der Waals surface area contributed by atoms with E-state index in [1.807, 2.05) is 6.20 Å². The summed E-state index contributed by atoms with van der Waals surface area (Å²) in [7, 11) is 4.13. The fourth-order valence-corrected chi connectivity index (χ4v) is 4.77. The molecule has 0 fully saturated rings. The monoisotopic (exact) mass is 592 g/mol. The molecule has 1 heterocycles. The minimum Gasteiger partial charge on any atom is -0.488 e. The third-order valence-electron chi connectivity index (χ3n) is 7.05. The highest BCUT2D eigenvalue weighted by Gasteiger charge is 2.08. The van der Waals surface area contributed by atoms with Crippen LogP contribution in [0.2, 0.25) is 0 Å². The van der Waals surface area contributed by atoms with Crippen molar-refractivity contribution in [2.75, 3.05) is 33.9 Å². The Labute approximate surface area is 253 Å². The van der Waals surface area contributed by atoms with Gasteiger partial charge in [-0.05, 0) is 39.9 Å². The fraction of sp³-hybridized carbons (Fsp3) is 0.844. The zero-order valence-electron chi connectivity index (χ0n) is 25.9. The molecule has 0 radical (unpaired) electrons. The second-order valence-corrected chi connectivity index (χ2v) is 11.0. The second-order valence-electron chi connectivity index (χ2n) is 11.0. The van der Waals surface area contributed by atoms with Crippen LogP contribution in [0.3, 0.4) is 0 Å². The molecule has 5 nitrogen and oxygen atoms in total. The smallest absolute Gasteiger partial charge is 0.223 e. The van der Waals surface area contributed by atoms with Crippen LogP contribution in [-0.2, 0) is 17.9 Å². The molecule has 232 valence electrons. The summed E-state index contributed by atoms with van der Waals surface area (Å²) in [5, 5.41) is 0. The predicted octanol–water partition coefficient (Wildman–Crippen LogP) is 9.21. The summed E-state index contributed by atoms with van der Waals surface area (Å²) < 4.78 is 13.8. The van der Waals surface area contributed by atoms with E-state index in [1.165, 1.54) is 96.3 Å². The molecule has 0 N–H and O–H groups in total. The summed E-state index contributed by atoms with van der Waals surface area (Å²) in [6.45, 7) is 8.11. The summed E-state index contributed by atoms with van der Waals surface area (Å²) in [6.07, 6.45) is 25.6. The molecule has 39 heavy (non-hydrogen) atoms. The van der Waals surface area contributed by atoms with E-state index in [0.29, 0.717) is 25.6 Å². The Morgan fingerprint density at radius 3 is 1.69 bits per heavy atom.